The molecule has 2 heterocycles. The molecule has 2 N–H and O–H groups in total. The van der Waals surface area contributed by atoms with E-state index < -0.39 is 0 Å². The predicted molar refractivity (Wildman–Crippen MR) is 57.2 cm³/mol. The maximum Gasteiger partial charge on any atom is 0.0996 e. The van der Waals surface area contributed by atoms with Crippen LogP contribution in [0.25, 0.3) is 11.3 Å². The maximum atomic E-state index is 5.70. The smallest absolute Gasteiger partial charge is 0.0996 e. The van der Waals surface area contributed by atoms with Crippen molar-refractivity contribution in [3.8, 4) is 11.3 Å². The minimum absolute atomic E-state index is 0.165. The van der Waals surface area contributed by atoms with Gasteiger partial charge in [0.2, 0.25) is 0 Å². The third-order valence-electron chi connectivity index (χ3n) is 1.87. The van der Waals surface area contributed by atoms with Crippen LogP contribution in [-0.2, 0) is 6.42 Å². The van der Waals surface area contributed by atoms with E-state index in [2.05, 4.69) is 4.98 Å². The van der Waals surface area contributed by atoms with Gasteiger partial charge >= 0.3 is 0 Å². The predicted octanol–water partition coefficient (Wildman–Crippen LogP) is 2.29. The van der Waals surface area contributed by atoms with Gasteiger partial charge in [0.05, 0.1) is 23.2 Å². The third-order valence-corrected chi connectivity index (χ3v) is 2.74. The average Bonchev–Trinajstić information content (AvgIpc) is 2.69. The van der Waals surface area contributed by atoms with Crippen molar-refractivity contribution in [1.82, 2.24) is 4.98 Å². The first-order valence-electron chi connectivity index (χ1n) is 4.48. The molecule has 0 fully saturated rings. The Bertz CT molecular complexity index is 392. The molecule has 3 nitrogen and oxygen atoms in total. The van der Waals surface area contributed by atoms with E-state index in [-0.39, 0.29) is 6.04 Å². The Kier molecular flexibility index (Phi) is 2.65. The molecule has 4 heteroatoms. The Hall–Kier alpha value is -1.13. The van der Waals surface area contributed by atoms with Crippen molar-refractivity contribution in [1.29, 1.82) is 0 Å². The lowest BCUT2D eigenvalue weighted by Gasteiger charge is -1.98. The topological polar surface area (TPSA) is 52.0 Å². The van der Waals surface area contributed by atoms with E-state index in [1.807, 2.05) is 18.4 Å². The second kappa shape index (κ2) is 3.94. The Morgan fingerprint density at radius 2 is 2.50 bits per heavy atom. The first-order chi connectivity index (χ1) is 6.75. The molecule has 2 aromatic heterocycles. The summed E-state index contributed by atoms with van der Waals surface area (Å²) in [6.07, 6.45) is 4.19. The van der Waals surface area contributed by atoms with Gasteiger partial charge in [0, 0.05) is 23.4 Å². The molecule has 0 aliphatic heterocycles. The van der Waals surface area contributed by atoms with Gasteiger partial charge in [-0.25, -0.2) is 4.98 Å². The van der Waals surface area contributed by atoms with Crippen LogP contribution in [0.15, 0.2) is 28.4 Å². The normalized spacial score (nSPS) is 13.0. The van der Waals surface area contributed by atoms with Crippen LogP contribution >= 0.6 is 11.3 Å². The molecular formula is C10H12N2OS. The third kappa shape index (κ3) is 2.02. The number of hydrogen-bond donors (Lipinski definition) is 1. The second-order valence-electron chi connectivity index (χ2n) is 3.32. The van der Waals surface area contributed by atoms with Gasteiger partial charge in [0.1, 0.15) is 0 Å². The fraction of sp³-hybridized carbons (Fsp3) is 0.300. The molecule has 74 valence electrons. The van der Waals surface area contributed by atoms with Gasteiger partial charge in [-0.2, -0.15) is 0 Å². The Balaban J connectivity index is 2.18. The zero-order chi connectivity index (χ0) is 9.97. The van der Waals surface area contributed by atoms with Gasteiger partial charge in [0.15, 0.2) is 0 Å². The van der Waals surface area contributed by atoms with Crippen LogP contribution in [0.2, 0.25) is 0 Å². The van der Waals surface area contributed by atoms with Crippen LogP contribution in [0.5, 0.6) is 0 Å². The highest BCUT2D eigenvalue weighted by Gasteiger charge is 2.06. The van der Waals surface area contributed by atoms with Crippen LogP contribution < -0.4 is 5.73 Å². The summed E-state index contributed by atoms with van der Waals surface area (Å²) in [5, 5.41) is 3.11. The van der Waals surface area contributed by atoms with Gasteiger partial charge in [-0.15, -0.1) is 11.3 Å². The molecule has 0 saturated heterocycles. The van der Waals surface area contributed by atoms with Crippen molar-refractivity contribution >= 4 is 11.3 Å². The lowest BCUT2D eigenvalue weighted by molar-refractivity contribution is 0.568. The van der Waals surface area contributed by atoms with E-state index in [1.165, 1.54) is 0 Å². The highest BCUT2D eigenvalue weighted by atomic mass is 32.1. The monoisotopic (exact) mass is 208 g/mol. The van der Waals surface area contributed by atoms with E-state index >= 15 is 0 Å². The molecule has 0 amide bonds. The standard InChI is InChI=1S/C10H12N2OS/c1-7(11)4-10-12-9(6-14-10)8-2-3-13-5-8/h2-3,5-7H,4,11H2,1H3. The van der Waals surface area contributed by atoms with Crippen LogP contribution in [0.1, 0.15) is 11.9 Å². The zero-order valence-corrected chi connectivity index (χ0v) is 8.75. The molecule has 1 unspecified atom stereocenters. The summed E-state index contributed by atoms with van der Waals surface area (Å²) >= 11 is 1.64. The van der Waals surface area contributed by atoms with E-state index in [0.29, 0.717) is 0 Å². The number of nitrogens with zero attached hydrogens (tertiary/aromatic N) is 1. The van der Waals surface area contributed by atoms with Crippen molar-refractivity contribution in [3.05, 3.63) is 29.0 Å². The average molecular weight is 208 g/mol. The van der Waals surface area contributed by atoms with Gasteiger partial charge in [-0.3, -0.25) is 0 Å². The molecule has 2 aromatic rings. The number of nitrogens with two attached hydrogens (primary N) is 1. The van der Waals surface area contributed by atoms with E-state index in [4.69, 9.17) is 10.2 Å². The largest absolute Gasteiger partial charge is 0.472 e. The first-order valence-corrected chi connectivity index (χ1v) is 5.36. The summed E-state index contributed by atoms with van der Waals surface area (Å²) in [6, 6.07) is 2.07. The van der Waals surface area contributed by atoms with E-state index in [0.717, 1.165) is 22.7 Å². The summed E-state index contributed by atoms with van der Waals surface area (Å²) in [7, 11) is 0. The van der Waals surface area contributed by atoms with Crippen LogP contribution in [0, 0.1) is 0 Å². The quantitative estimate of drug-likeness (QED) is 0.842. The molecule has 0 aliphatic rings. The number of aromatic nitrogens is 1. The molecule has 0 spiro atoms. The molecule has 0 bridgehead atoms. The van der Waals surface area contributed by atoms with Gasteiger partial charge in [0.25, 0.3) is 0 Å². The van der Waals surface area contributed by atoms with Crippen LogP contribution in [0.3, 0.4) is 0 Å². The highest BCUT2D eigenvalue weighted by Crippen LogP contribution is 2.22. The van der Waals surface area contributed by atoms with Crippen molar-refractivity contribution in [3.63, 3.8) is 0 Å². The van der Waals surface area contributed by atoms with Crippen molar-refractivity contribution in [2.45, 2.75) is 19.4 Å². The van der Waals surface area contributed by atoms with Crippen molar-refractivity contribution < 1.29 is 4.42 Å². The first kappa shape index (κ1) is 9.43. The van der Waals surface area contributed by atoms with Crippen molar-refractivity contribution in [2.75, 3.05) is 0 Å². The molecular weight excluding hydrogens is 196 g/mol. The van der Waals surface area contributed by atoms with Gasteiger partial charge < -0.3 is 10.2 Å². The molecule has 0 aromatic carbocycles. The number of rotatable bonds is 3. The Morgan fingerprint density at radius 1 is 1.64 bits per heavy atom. The molecule has 2 rings (SSSR count). The van der Waals surface area contributed by atoms with E-state index in [1.54, 1.807) is 23.9 Å². The summed E-state index contributed by atoms with van der Waals surface area (Å²) < 4.78 is 5.00. The zero-order valence-electron chi connectivity index (χ0n) is 7.93. The van der Waals surface area contributed by atoms with Gasteiger partial charge in [-0.1, -0.05) is 0 Å². The number of furan rings is 1. The van der Waals surface area contributed by atoms with Crippen LogP contribution in [-0.4, -0.2) is 11.0 Å². The van der Waals surface area contributed by atoms with E-state index in [9.17, 15) is 0 Å². The summed E-state index contributed by atoms with van der Waals surface area (Å²) in [4.78, 5) is 4.47. The number of hydrogen-bond acceptors (Lipinski definition) is 4. The molecule has 14 heavy (non-hydrogen) atoms. The summed E-state index contributed by atoms with van der Waals surface area (Å²) in [5.41, 5.74) is 7.70. The maximum absolute atomic E-state index is 5.70. The Labute approximate surface area is 86.6 Å². The minimum atomic E-state index is 0.165. The van der Waals surface area contributed by atoms with Crippen molar-refractivity contribution in [2.24, 2.45) is 5.73 Å². The minimum Gasteiger partial charge on any atom is -0.472 e. The second-order valence-corrected chi connectivity index (χ2v) is 4.26. The summed E-state index contributed by atoms with van der Waals surface area (Å²) in [5.74, 6) is 0. The molecule has 0 radical (unpaired) electrons. The lowest BCUT2D eigenvalue weighted by Crippen LogP contribution is -2.17. The molecule has 0 saturated carbocycles. The molecule has 1 atom stereocenters. The highest BCUT2D eigenvalue weighted by molar-refractivity contribution is 7.09. The number of thiazole rings is 1. The fourth-order valence-electron chi connectivity index (χ4n) is 1.22. The Morgan fingerprint density at radius 3 is 3.14 bits per heavy atom. The molecule has 0 aliphatic carbocycles. The SMILES string of the molecule is CC(N)Cc1nc(-c2ccoc2)cs1. The van der Waals surface area contributed by atoms with Crippen LogP contribution in [0.4, 0.5) is 0 Å². The fourth-order valence-corrected chi connectivity index (χ4v) is 2.17. The summed E-state index contributed by atoms with van der Waals surface area (Å²) in [6.45, 7) is 1.99. The van der Waals surface area contributed by atoms with Gasteiger partial charge in [-0.05, 0) is 13.0 Å². The lowest BCUT2D eigenvalue weighted by atomic mass is 10.2.